The Kier molecular flexibility index (Phi) is 9.16. The molecule has 39 heavy (non-hydrogen) atoms. The Morgan fingerprint density at radius 2 is 1.00 bits per heavy atom. The highest BCUT2D eigenvalue weighted by atomic mass is 127. The van der Waals surface area contributed by atoms with Crippen LogP contribution in [0.2, 0.25) is 0 Å². The van der Waals surface area contributed by atoms with Crippen molar-refractivity contribution in [1.82, 2.24) is 0 Å². The van der Waals surface area contributed by atoms with Crippen molar-refractivity contribution in [3.05, 3.63) is 98.1 Å². The van der Waals surface area contributed by atoms with E-state index in [1.165, 1.54) is 26.4 Å². The van der Waals surface area contributed by atoms with Crippen LogP contribution in [0.1, 0.15) is 0 Å². The first kappa shape index (κ1) is 28.5. The molecule has 5 aromatic carbocycles. The number of hydrogen-bond donors (Lipinski definition) is 0. The van der Waals surface area contributed by atoms with Gasteiger partial charge in [0.15, 0.2) is 7.14 Å². The summed E-state index contributed by atoms with van der Waals surface area (Å²) in [5.74, 6) is 2.94. The zero-order chi connectivity index (χ0) is 28.0. The summed E-state index contributed by atoms with van der Waals surface area (Å²) in [5, 5.41) is 2.85. The molecule has 0 bridgehead atoms. The molecule has 0 amide bonds. The molecule has 0 unspecified atom stereocenters. The van der Waals surface area contributed by atoms with Crippen LogP contribution in [0.5, 0.6) is 23.0 Å². The molecule has 0 aliphatic heterocycles. The third-order valence-corrected chi connectivity index (χ3v) is 9.43. The first-order valence-corrected chi connectivity index (χ1v) is 15.3. The summed E-state index contributed by atoms with van der Waals surface area (Å²) in [7, 11) is 1.89. The lowest BCUT2D eigenvalue weighted by atomic mass is 10.0. The second kappa shape index (κ2) is 12.5. The van der Waals surface area contributed by atoms with Crippen LogP contribution in [-0.2, 0) is 10.1 Å². The molecular formula is C30H27IO7S. The summed E-state index contributed by atoms with van der Waals surface area (Å²) in [6.07, 6.45) is 0. The van der Waals surface area contributed by atoms with Gasteiger partial charge in [0.05, 0.1) is 33.3 Å². The maximum absolute atomic E-state index is 11.3. The Labute approximate surface area is 238 Å². The summed E-state index contributed by atoms with van der Waals surface area (Å²) in [4.78, 5) is -0.296. The zero-order valence-corrected chi connectivity index (χ0v) is 24.8. The molecule has 0 heterocycles. The normalized spacial score (nSPS) is 11.0. The highest BCUT2D eigenvalue weighted by Crippen LogP contribution is 2.43. The number of hydrogen-bond acceptors (Lipinski definition) is 7. The van der Waals surface area contributed by atoms with Gasteiger partial charge in [-0.2, -0.15) is 0 Å². The van der Waals surface area contributed by atoms with Crippen molar-refractivity contribution in [3.8, 4) is 23.0 Å². The molecule has 0 spiro atoms. The second-order valence-corrected chi connectivity index (χ2v) is 12.6. The van der Waals surface area contributed by atoms with E-state index >= 15 is 0 Å². The molecule has 0 aliphatic carbocycles. The van der Waals surface area contributed by atoms with Gasteiger partial charge in [-0.1, -0.05) is 24.3 Å². The monoisotopic (exact) mass is 658 g/mol. The van der Waals surface area contributed by atoms with Gasteiger partial charge in [0.25, 0.3) is 0 Å². The largest absolute Gasteiger partial charge is 0.744 e. The average molecular weight is 659 g/mol. The lowest BCUT2D eigenvalue weighted by Gasteiger charge is -2.16. The maximum Gasteiger partial charge on any atom is 0.357 e. The predicted molar refractivity (Wildman–Crippen MR) is 146 cm³/mol. The second-order valence-electron chi connectivity index (χ2n) is 8.18. The van der Waals surface area contributed by atoms with Crippen molar-refractivity contribution in [2.45, 2.75) is 4.90 Å². The fraction of sp³-hybridized carbons (Fsp3) is 0.133. The molecule has 0 aliphatic rings. The molecule has 202 valence electrons. The topological polar surface area (TPSA) is 94.1 Å². The van der Waals surface area contributed by atoms with Gasteiger partial charge in [-0.25, -0.2) is 8.42 Å². The van der Waals surface area contributed by atoms with Gasteiger partial charge in [-0.3, -0.25) is 0 Å². The van der Waals surface area contributed by atoms with E-state index in [2.05, 4.69) is 24.3 Å². The van der Waals surface area contributed by atoms with Gasteiger partial charge in [-0.15, -0.1) is 0 Å². The standard InChI is InChI=1S/C16H14O5S.C14H14IO2/c1-20-15-11-5-3-4-6-12(11)16(21-2)14-9-10(22(17,18)19)7-8-13(14)15;1-16-13-7-3-11(4-8-13)15-12-5-9-14(17-2)10-6-12/h3-9H,1-2H3,(H,17,18,19);3-10H,1-2H3/q;+1/p-1. The Balaban J connectivity index is 0.000000187. The Hall–Kier alpha value is -3.54. The number of benzene rings is 5. The van der Waals surface area contributed by atoms with E-state index in [-0.39, 0.29) is 26.1 Å². The van der Waals surface area contributed by atoms with Gasteiger partial charge in [-0.05, 0) is 66.7 Å². The Morgan fingerprint density at radius 1 is 0.564 bits per heavy atom. The van der Waals surface area contributed by atoms with E-state index in [0.717, 1.165) is 22.3 Å². The smallest absolute Gasteiger partial charge is 0.357 e. The van der Waals surface area contributed by atoms with E-state index < -0.39 is 10.1 Å². The molecule has 0 fully saturated rings. The molecule has 0 N–H and O–H groups in total. The van der Waals surface area contributed by atoms with Gasteiger partial charge in [0, 0.05) is 21.5 Å². The Bertz CT molecular complexity index is 1640. The van der Waals surface area contributed by atoms with Crippen molar-refractivity contribution in [3.63, 3.8) is 0 Å². The van der Waals surface area contributed by atoms with Crippen molar-refractivity contribution in [1.29, 1.82) is 0 Å². The number of methoxy groups -OCH3 is 4. The van der Waals surface area contributed by atoms with Crippen LogP contribution in [0.25, 0.3) is 21.5 Å². The van der Waals surface area contributed by atoms with E-state index in [0.29, 0.717) is 22.3 Å². The fourth-order valence-corrected chi connectivity index (χ4v) is 6.72. The Morgan fingerprint density at radius 3 is 1.41 bits per heavy atom. The minimum atomic E-state index is -4.54. The fourth-order valence-electron chi connectivity index (χ4n) is 4.07. The zero-order valence-electron chi connectivity index (χ0n) is 21.8. The number of rotatable bonds is 7. The van der Waals surface area contributed by atoms with Crippen LogP contribution in [0.4, 0.5) is 0 Å². The van der Waals surface area contributed by atoms with E-state index in [4.69, 9.17) is 18.9 Å². The number of ether oxygens (including phenoxy) is 4. The maximum atomic E-state index is 11.3. The average Bonchev–Trinajstić information content (AvgIpc) is 2.96. The van der Waals surface area contributed by atoms with Crippen LogP contribution >= 0.6 is 0 Å². The summed E-state index contributed by atoms with van der Waals surface area (Å²) < 4.78 is 57.8. The molecule has 0 atom stereocenters. The lowest BCUT2D eigenvalue weighted by molar-refractivity contribution is -0.597. The molecule has 0 radical (unpaired) electrons. The van der Waals surface area contributed by atoms with Crippen molar-refractivity contribution in [2.75, 3.05) is 28.4 Å². The van der Waals surface area contributed by atoms with E-state index in [9.17, 15) is 13.0 Å². The van der Waals surface area contributed by atoms with Crippen LogP contribution in [-0.4, -0.2) is 41.4 Å². The summed E-state index contributed by atoms with van der Waals surface area (Å²) >= 11 is -0.119. The summed E-state index contributed by atoms with van der Waals surface area (Å²) in [5.41, 5.74) is 0. The first-order valence-electron chi connectivity index (χ1n) is 11.7. The lowest BCUT2D eigenvalue weighted by Crippen LogP contribution is -3.61. The van der Waals surface area contributed by atoms with Gasteiger partial charge < -0.3 is 23.5 Å². The molecule has 9 heteroatoms. The minimum Gasteiger partial charge on any atom is -0.744 e. The highest BCUT2D eigenvalue weighted by molar-refractivity contribution is 7.85. The SMILES string of the molecule is COc1c2ccccc2c(OC)c2cc(S(=O)(=O)[O-])ccc12.COc1ccc([I+]c2ccc(OC)cc2)cc1. The van der Waals surface area contributed by atoms with E-state index in [1.807, 2.05) is 48.5 Å². The first-order chi connectivity index (χ1) is 18.8. The van der Waals surface area contributed by atoms with Crippen LogP contribution in [0, 0.1) is 7.14 Å². The number of fused-ring (bicyclic) bond motifs is 2. The number of halogens is 1. The third-order valence-electron chi connectivity index (χ3n) is 5.91. The minimum absolute atomic E-state index is 0.119. The van der Waals surface area contributed by atoms with Gasteiger partial charge >= 0.3 is 21.2 Å². The van der Waals surface area contributed by atoms with Gasteiger partial charge in [0.2, 0.25) is 0 Å². The summed E-state index contributed by atoms with van der Waals surface area (Å²) in [6.45, 7) is 0. The molecule has 0 saturated carbocycles. The van der Waals surface area contributed by atoms with Crippen LogP contribution in [0.3, 0.4) is 0 Å². The predicted octanol–water partition coefficient (Wildman–Crippen LogP) is 2.75. The van der Waals surface area contributed by atoms with Crippen LogP contribution in [0.15, 0.2) is 95.9 Å². The summed E-state index contributed by atoms with van der Waals surface area (Å²) in [6, 6.07) is 28.2. The van der Waals surface area contributed by atoms with Crippen LogP contribution < -0.4 is 40.2 Å². The molecule has 5 rings (SSSR count). The van der Waals surface area contributed by atoms with E-state index in [1.54, 1.807) is 27.4 Å². The van der Waals surface area contributed by atoms with Crippen molar-refractivity contribution < 1.29 is 53.1 Å². The molecule has 0 saturated heterocycles. The highest BCUT2D eigenvalue weighted by Gasteiger charge is 2.17. The third kappa shape index (κ3) is 6.55. The van der Waals surface area contributed by atoms with Gasteiger partial charge in [0.1, 0.15) is 33.1 Å². The molecule has 7 nitrogen and oxygen atoms in total. The molecule has 0 aromatic heterocycles. The molecular weight excluding hydrogens is 631 g/mol. The van der Waals surface area contributed by atoms with Crippen molar-refractivity contribution in [2.24, 2.45) is 0 Å². The quantitative estimate of drug-likeness (QED) is 0.151. The molecule has 5 aromatic rings. The van der Waals surface area contributed by atoms with Crippen molar-refractivity contribution >= 4 is 31.7 Å².